The summed E-state index contributed by atoms with van der Waals surface area (Å²) in [7, 11) is -2.82. The van der Waals surface area contributed by atoms with Crippen molar-refractivity contribution >= 4 is 38.0 Å². The van der Waals surface area contributed by atoms with Gasteiger partial charge in [-0.25, -0.2) is 8.42 Å². The molecule has 0 amide bonds. The SMILES string of the molecule is O=S1(=O)CCC(N2CCN(c3ccnc4ccc(Cl)cc34)CC2)C1. The molecule has 2 aromatic rings. The van der Waals surface area contributed by atoms with E-state index in [4.69, 9.17) is 11.6 Å². The maximum absolute atomic E-state index is 11.7. The molecule has 2 aliphatic heterocycles. The van der Waals surface area contributed by atoms with Gasteiger partial charge in [0.15, 0.2) is 9.84 Å². The number of piperazine rings is 1. The first kappa shape index (κ1) is 16.1. The quantitative estimate of drug-likeness (QED) is 0.816. The molecule has 24 heavy (non-hydrogen) atoms. The van der Waals surface area contributed by atoms with Crippen LogP contribution in [-0.4, -0.2) is 62.0 Å². The van der Waals surface area contributed by atoms with Gasteiger partial charge in [-0.1, -0.05) is 11.6 Å². The van der Waals surface area contributed by atoms with Crippen molar-refractivity contribution in [1.82, 2.24) is 9.88 Å². The van der Waals surface area contributed by atoms with Crippen LogP contribution in [0.15, 0.2) is 30.5 Å². The van der Waals surface area contributed by atoms with E-state index in [-0.39, 0.29) is 6.04 Å². The van der Waals surface area contributed by atoms with Crippen molar-refractivity contribution in [3.8, 4) is 0 Å². The number of benzene rings is 1. The lowest BCUT2D eigenvalue weighted by Gasteiger charge is -2.39. The van der Waals surface area contributed by atoms with Gasteiger partial charge >= 0.3 is 0 Å². The number of aromatic nitrogens is 1. The molecule has 5 nitrogen and oxygen atoms in total. The molecule has 1 aromatic carbocycles. The van der Waals surface area contributed by atoms with Crippen molar-refractivity contribution < 1.29 is 8.42 Å². The van der Waals surface area contributed by atoms with Crippen molar-refractivity contribution in [3.63, 3.8) is 0 Å². The highest BCUT2D eigenvalue weighted by molar-refractivity contribution is 7.91. The zero-order valence-electron chi connectivity index (χ0n) is 13.4. The average molecular weight is 366 g/mol. The Morgan fingerprint density at radius 2 is 1.92 bits per heavy atom. The fourth-order valence-corrected chi connectivity index (χ4v) is 5.70. The second-order valence-electron chi connectivity index (χ2n) is 6.57. The molecule has 2 saturated heterocycles. The van der Waals surface area contributed by atoms with Crippen LogP contribution in [0.2, 0.25) is 5.02 Å². The molecular formula is C17H20ClN3O2S. The number of anilines is 1. The predicted molar refractivity (Wildman–Crippen MR) is 97.6 cm³/mol. The van der Waals surface area contributed by atoms with Gasteiger partial charge in [0.2, 0.25) is 0 Å². The minimum absolute atomic E-state index is 0.195. The fourth-order valence-electron chi connectivity index (χ4n) is 3.77. The number of fused-ring (bicyclic) bond motifs is 1. The van der Waals surface area contributed by atoms with Crippen LogP contribution in [0.3, 0.4) is 0 Å². The van der Waals surface area contributed by atoms with E-state index < -0.39 is 9.84 Å². The minimum atomic E-state index is -2.82. The van der Waals surface area contributed by atoms with E-state index in [1.165, 1.54) is 0 Å². The van der Waals surface area contributed by atoms with Gasteiger partial charge in [-0.15, -0.1) is 0 Å². The Balaban J connectivity index is 1.51. The van der Waals surface area contributed by atoms with Crippen LogP contribution in [0.25, 0.3) is 10.9 Å². The minimum Gasteiger partial charge on any atom is -0.368 e. The highest BCUT2D eigenvalue weighted by Crippen LogP contribution is 2.29. The molecule has 4 rings (SSSR count). The van der Waals surface area contributed by atoms with Gasteiger partial charge in [0.05, 0.1) is 17.0 Å². The molecule has 1 unspecified atom stereocenters. The number of hydrogen-bond donors (Lipinski definition) is 0. The summed E-state index contributed by atoms with van der Waals surface area (Å²) < 4.78 is 23.4. The van der Waals surface area contributed by atoms with Crippen LogP contribution < -0.4 is 4.90 Å². The van der Waals surface area contributed by atoms with Gasteiger partial charge in [0.25, 0.3) is 0 Å². The third kappa shape index (κ3) is 3.10. The molecular weight excluding hydrogens is 346 g/mol. The van der Waals surface area contributed by atoms with Gasteiger partial charge in [-0.2, -0.15) is 0 Å². The van der Waals surface area contributed by atoms with E-state index >= 15 is 0 Å². The van der Waals surface area contributed by atoms with E-state index in [9.17, 15) is 8.42 Å². The van der Waals surface area contributed by atoms with Gasteiger partial charge in [-0.3, -0.25) is 9.88 Å². The Kier molecular flexibility index (Phi) is 4.14. The molecule has 0 radical (unpaired) electrons. The van der Waals surface area contributed by atoms with E-state index in [0.717, 1.165) is 49.2 Å². The van der Waals surface area contributed by atoms with Crippen LogP contribution in [-0.2, 0) is 9.84 Å². The molecule has 0 aliphatic carbocycles. The lowest BCUT2D eigenvalue weighted by atomic mass is 10.1. The van der Waals surface area contributed by atoms with Crippen LogP contribution in [0.1, 0.15) is 6.42 Å². The summed E-state index contributed by atoms with van der Waals surface area (Å²) in [6.07, 6.45) is 2.61. The van der Waals surface area contributed by atoms with Crippen LogP contribution in [0.4, 0.5) is 5.69 Å². The molecule has 0 spiro atoms. The van der Waals surface area contributed by atoms with Crippen molar-refractivity contribution in [2.24, 2.45) is 0 Å². The molecule has 0 saturated carbocycles. The summed E-state index contributed by atoms with van der Waals surface area (Å²) in [6, 6.07) is 8.00. The van der Waals surface area contributed by atoms with Crippen LogP contribution in [0.5, 0.6) is 0 Å². The molecule has 0 N–H and O–H groups in total. The number of sulfone groups is 1. The molecule has 1 atom stereocenters. The van der Waals surface area contributed by atoms with Crippen LogP contribution in [0, 0.1) is 0 Å². The monoisotopic (exact) mass is 365 g/mol. The first-order chi connectivity index (χ1) is 11.5. The van der Waals surface area contributed by atoms with Gasteiger partial charge in [0.1, 0.15) is 0 Å². The number of halogens is 1. The van der Waals surface area contributed by atoms with Gasteiger partial charge < -0.3 is 4.90 Å². The Hall–Kier alpha value is -1.37. The number of rotatable bonds is 2. The third-order valence-corrected chi connectivity index (χ3v) is 7.05. The van der Waals surface area contributed by atoms with Crippen molar-refractivity contribution in [3.05, 3.63) is 35.5 Å². The number of pyridine rings is 1. The van der Waals surface area contributed by atoms with Crippen molar-refractivity contribution in [2.75, 3.05) is 42.6 Å². The molecule has 2 aliphatic rings. The second kappa shape index (κ2) is 6.17. The predicted octanol–water partition coefficient (Wildman–Crippen LogP) is 2.20. The fraction of sp³-hybridized carbons (Fsp3) is 0.471. The molecule has 1 aromatic heterocycles. The summed E-state index contributed by atoms with van der Waals surface area (Å²) in [5, 5.41) is 1.79. The van der Waals surface area contributed by atoms with Gasteiger partial charge in [0, 0.05) is 54.5 Å². The zero-order chi connectivity index (χ0) is 16.7. The van der Waals surface area contributed by atoms with Crippen molar-refractivity contribution in [1.29, 1.82) is 0 Å². The van der Waals surface area contributed by atoms with Crippen LogP contribution >= 0.6 is 11.6 Å². The standard InChI is InChI=1S/C17H20ClN3O2S/c18-13-1-2-16-15(11-13)17(3-5-19-16)21-8-6-20(7-9-21)14-4-10-24(22,23)12-14/h1-3,5,11,14H,4,6-10,12H2. The summed E-state index contributed by atoms with van der Waals surface area (Å²) in [4.78, 5) is 9.09. The third-order valence-electron chi connectivity index (χ3n) is 5.06. The first-order valence-electron chi connectivity index (χ1n) is 8.25. The van der Waals surface area contributed by atoms with E-state index in [1.807, 2.05) is 30.5 Å². The summed E-state index contributed by atoms with van der Waals surface area (Å²) in [5.41, 5.74) is 2.10. The highest BCUT2D eigenvalue weighted by atomic mass is 35.5. The first-order valence-corrected chi connectivity index (χ1v) is 10.5. The van der Waals surface area contributed by atoms with E-state index in [2.05, 4.69) is 14.8 Å². The Morgan fingerprint density at radius 3 is 2.62 bits per heavy atom. The molecule has 0 bridgehead atoms. The van der Waals surface area contributed by atoms with E-state index in [0.29, 0.717) is 16.5 Å². The number of hydrogen-bond acceptors (Lipinski definition) is 5. The lowest BCUT2D eigenvalue weighted by molar-refractivity contribution is 0.200. The summed E-state index contributed by atoms with van der Waals surface area (Å²) in [6.45, 7) is 3.57. The average Bonchev–Trinajstić information content (AvgIpc) is 2.94. The summed E-state index contributed by atoms with van der Waals surface area (Å²) in [5.74, 6) is 0.659. The topological polar surface area (TPSA) is 53.5 Å². The van der Waals surface area contributed by atoms with Crippen molar-refractivity contribution in [2.45, 2.75) is 12.5 Å². The normalized spacial score (nSPS) is 24.5. The largest absolute Gasteiger partial charge is 0.368 e. The Labute approximate surface area is 147 Å². The lowest BCUT2D eigenvalue weighted by Crippen LogP contribution is -2.50. The highest BCUT2D eigenvalue weighted by Gasteiger charge is 2.33. The summed E-state index contributed by atoms with van der Waals surface area (Å²) >= 11 is 6.15. The van der Waals surface area contributed by atoms with Gasteiger partial charge in [-0.05, 0) is 30.7 Å². The smallest absolute Gasteiger partial charge is 0.151 e. The number of nitrogens with zero attached hydrogens (tertiary/aromatic N) is 3. The maximum Gasteiger partial charge on any atom is 0.151 e. The molecule has 3 heterocycles. The molecule has 128 valence electrons. The molecule has 2 fully saturated rings. The Bertz CT molecular complexity index is 863. The second-order valence-corrected chi connectivity index (χ2v) is 9.24. The Morgan fingerprint density at radius 1 is 1.12 bits per heavy atom. The van der Waals surface area contributed by atoms with E-state index in [1.54, 1.807) is 0 Å². The maximum atomic E-state index is 11.7. The molecule has 7 heteroatoms. The zero-order valence-corrected chi connectivity index (χ0v) is 14.9.